The first-order valence-electron chi connectivity index (χ1n) is 7.06. The average Bonchev–Trinajstić information content (AvgIpc) is 2.77. The fraction of sp³-hybridized carbons (Fsp3) is 1.00. The van der Waals surface area contributed by atoms with Crippen LogP contribution in [0.3, 0.4) is 0 Å². The van der Waals surface area contributed by atoms with Crippen LogP contribution in [0.5, 0.6) is 0 Å². The van der Waals surface area contributed by atoms with Crippen LogP contribution in [0.2, 0.25) is 0 Å². The van der Waals surface area contributed by atoms with E-state index < -0.39 is 0 Å². The highest BCUT2D eigenvalue weighted by Gasteiger charge is 2.42. The highest BCUT2D eigenvalue weighted by molar-refractivity contribution is 4.98. The van der Waals surface area contributed by atoms with Gasteiger partial charge in [0.2, 0.25) is 0 Å². The van der Waals surface area contributed by atoms with Gasteiger partial charge in [-0.2, -0.15) is 0 Å². The van der Waals surface area contributed by atoms with Crippen molar-refractivity contribution >= 4 is 0 Å². The van der Waals surface area contributed by atoms with Gasteiger partial charge in [0.1, 0.15) is 0 Å². The normalized spacial score (nSPS) is 28.8. The van der Waals surface area contributed by atoms with Gasteiger partial charge < -0.3 is 15.2 Å². The maximum Gasteiger partial charge on any atom is 0.158 e. The molecule has 0 aromatic heterocycles. The summed E-state index contributed by atoms with van der Waals surface area (Å²) < 4.78 is 10.7. The van der Waals surface area contributed by atoms with Gasteiger partial charge in [-0.15, -0.1) is 0 Å². The Morgan fingerprint density at radius 3 is 2.39 bits per heavy atom. The van der Waals surface area contributed by atoms with Crippen molar-refractivity contribution in [2.45, 2.75) is 70.4 Å². The third-order valence-electron chi connectivity index (χ3n) is 4.45. The minimum atomic E-state index is -0.177. The van der Waals surface area contributed by atoms with E-state index in [-0.39, 0.29) is 11.8 Å². The second-order valence-corrected chi connectivity index (χ2v) is 5.70. The van der Waals surface area contributed by atoms with Gasteiger partial charge in [-0.05, 0) is 33.1 Å². The number of nitrogens with zero attached hydrogens (tertiary/aromatic N) is 1. The van der Waals surface area contributed by atoms with Crippen molar-refractivity contribution in [3.05, 3.63) is 0 Å². The second kappa shape index (κ2) is 6.85. The molecule has 1 fully saturated rings. The Kier molecular flexibility index (Phi) is 6.05. The Morgan fingerprint density at radius 1 is 1.33 bits per heavy atom. The lowest BCUT2D eigenvalue weighted by Crippen LogP contribution is -2.57. The number of methoxy groups -OCH3 is 2. The van der Waals surface area contributed by atoms with Crippen molar-refractivity contribution in [1.82, 2.24) is 4.90 Å². The van der Waals surface area contributed by atoms with Crippen molar-refractivity contribution < 1.29 is 9.47 Å². The summed E-state index contributed by atoms with van der Waals surface area (Å²) in [5.74, 6) is 0. The third kappa shape index (κ3) is 3.23. The standard InChI is InChI=1S/C14H30N2O2/c1-6-12-8-7-11(2)16(12)14(3,10-15)9-13(17-4)18-5/h11-13H,6-10,15H2,1-5H3. The van der Waals surface area contributed by atoms with E-state index in [1.54, 1.807) is 14.2 Å². The summed E-state index contributed by atoms with van der Waals surface area (Å²) in [7, 11) is 3.38. The fourth-order valence-corrected chi connectivity index (χ4v) is 3.36. The smallest absolute Gasteiger partial charge is 0.158 e. The minimum Gasteiger partial charge on any atom is -0.356 e. The van der Waals surface area contributed by atoms with Crippen molar-refractivity contribution in [2.24, 2.45) is 5.73 Å². The van der Waals surface area contributed by atoms with E-state index in [4.69, 9.17) is 15.2 Å². The molecule has 1 aliphatic heterocycles. The van der Waals surface area contributed by atoms with Crippen LogP contribution in [0, 0.1) is 0 Å². The minimum absolute atomic E-state index is 0.0483. The Labute approximate surface area is 112 Å². The summed E-state index contributed by atoms with van der Waals surface area (Å²) in [5, 5.41) is 0. The van der Waals surface area contributed by atoms with Crippen LogP contribution in [0.1, 0.15) is 46.5 Å². The second-order valence-electron chi connectivity index (χ2n) is 5.70. The zero-order valence-electron chi connectivity index (χ0n) is 12.6. The Balaban J connectivity index is 2.84. The molecular weight excluding hydrogens is 228 g/mol. The molecule has 1 aliphatic rings. The van der Waals surface area contributed by atoms with E-state index in [2.05, 4.69) is 25.7 Å². The Morgan fingerprint density at radius 2 is 1.94 bits per heavy atom. The van der Waals surface area contributed by atoms with Gasteiger partial charge in [0, 0.05) is 44.8 Å². The summed E-state index contributed by atoms with van der Waals surface area (Å²) in [4.78, 5) is 2.60. The van der Waals surface area contributed by atoms with Crippen LogP contribution >= 0.6 is 0 Å². The molecule has 4 nitrogen and oxygen atoms in total. The maximum atomic E-state index is 6.07. The topological polar surface area (TPSA) is 47.7 Å². The monoisotopic (exact) mass is 258 g/mol. The first-order valence-corrected chi connectivity index (χ1v) is 7.06. The third-order valence-corrected chi connectivity index (χ3v) is 4.45. The molecule has 0 aromatic carbocycles. The van der Waals surface area contributed by atoms with Crippen LogP contribution in [0.4, 0.5) is 0 Å². The molecule has 18 heavy (non-hydrogen) atoms. The van der Waals surface area contributed by atoms with Gasteiger partial charge in [0.15, 0.2) is 6.29 Å². The molecule has 3 atom stereocenters. The molecule has 0 amide bonds. The Hall–Kier alpha value is -0.160. The molecule has 4 heteroatoms. The number of rotatable bonds is 7. The van der Waals surface area contributed by atoms with Crippen molar-refractivity contribution in [3.8, 4) is 0 Å². The lowest BCUT2D eigenvalue weighted by atomic mass is 9.92. The summed E-state index contributed by atoms with van der Waals surface area (Å²) in [6, 6.07) is 1.24. The number of ether oxygens (including phenoxy) is 2. The van der Waals surface area contributed by atoms with Gasteiger partial charge in [-0.25, -0.2) is 0 Å². The molecule has 2 N–H and O–H groups in total. The van der Waals surface area contributed by atoms with Gasteiger partial charge >= 0.3 is 0 Å². The number of hydrogen-bond donors (Lipinski definition) is 1. The first kappa shape index (κ1) is 15.9. The first-order chi connectivity index (χ1) is 8.52. The molecule has 3 unspecified atom stereocenters. The van der Waals surface area contributed by atoms with E-state index in [9.17, 15) is 0 Å². The van der Waals surface area contributed by atoms with E-state index in [1.807, 2.05) is 0 Å². The van der Waals surface area contributed by atoms with Crippen LogP contribution in [0.15, 0.2) is 0 Å². The average molecular weight is 258 g/mol. The number of nitrogens with two attached hydrogens (primary N) is 1. The fourth-order valence-electron chi connectivity index (χ4n) is 3.36. The lowest BCUT2D eigenvalue weighted by Gasteiger charge is -2.45. The lowest BCUT2D eigenvalue weighted by molar-refractivity contribution is -0.132. The SMILES string of the molecule is CCC1CCC(C)N1C(C)(CN)CC(OC)OC. The van der Waals surface area contributed by atoms with Gasteiger partial charge in [-0.1, -0.05) is 6.92 Å². The van der Waals surface area contributed by atoms with Gasteiger partial charge in [0.25, 0.3) is 0 Å². The highest BCUT2D eigenvalue weighted by atomic mass is 16.7. The van der Waals surface area contributed by atoms with Crippen LogP contribution in [-0.2, 0) is 9.47 Å². The molecule has 0 saturated carbocycles. The van der Waals surface area contributed by atoms with Crippen LogP contribution in [0.25, 0.3) is 0 Å². The molecule has 1 rings (SSSR count). The molecule has 108 valence electrons. The van der Waals surface area contributed by atoms with E-state index >= 15 is 0 Å². The molecule has 1 saturated heterocycles. The molecule has 0 radical (unpaired) electrons. The molecule has 0 bridgehead atoms. The zero-order valence-corrected chi connectivity index (χ0v) is 12.6. The quantitative estimate of drug-likeness (QED) is 0.709. The molecular formula is C14H30N2O2. The highest BCUT2D eigenvalue weighted by Crippen LogP contribution is 2.35. The summed E-state index contributed by atoms with van der Waals surface area (Å²) >= 11 is 0. The van der Waals surface area contributed by atoms with E-state index in [1.165, 1.54) is 19.3 Å². The van der Waals surface area contributed by atoms with E-state index in [0.29, 0.717) is 18.6 Å². The Bertz CT molecular complexity index is 246. The zero-order chi connectivity index (χ0) is 13.8. The molecule has 0 spiro atoms. The van der Waals surface area contributed by atoms with E-state index in [0.717, 1.165) is 6.42 Å². The predicted molar refractivity (Wildman–Crippen MR) is 74.5 cm³/mol. The van der Waals surface area contributed by atoms with Gasteiger partial charge in [0.05, 0.1) is 0 Å². The maximum absolute atomic E-state index is 6.07. The summed E-state index contributed by atoms with van der Waals surface area (Å²) in [6.45, 7) is 7.44. The number of hydrogen-bond acceptors (Lipinski definition) is 4. The molecule has 1 heterocycles. The van der Waals surface area contributed by atoms with Crippen molar-refractivity contribution in [2.75, 3.05) is 20.8 Å². The van der Waals surface area contributed by atoms with Crippen LogP contribution < -0.4 is 5.73 Å². The molecule has 0 aliphatic carbocycles. The van der Waals surface area contributed by atoms with Crippen LogP contribution in [-0.4, -0.2) is 49.6 Å². The largest absolute Gasteiger partial charge is 0.356 e. The molecule has 0 aromatic rings. The summed E-state index contributed by atoms with van der Waals surface area (Å²) in [6.07, 6.45) is 4.36. The summed E-state index contributed by atoms with van der Waals surface area (Å²) in [5.41, 5.74) is 6.02. The van der Waals surface area contributed by atoms with Crippen molar-refractivity contribution in [1.29, 1.82) is 0 Å². The predicted octanol–water partition coefficient (Wildman–Crippen LogP) is 1.98. The number of likely N-dealkylation sites (tertiary alicyclic amines) is 1. The van der Waals surface area contributed by atoms with Gasteiger partial charge in [-0.3, -0.25) is 4.90 Å². The van der Waals surface area contributed by atoms with Crippen molar-refractivity contribution in [3.63, 3.8) is 0 Å².